The van der Waals surface area contributed by atoms with Crippen molar-refractivity contribution in [3.8, 4) is 0 Å². The van der Waals surface area contributed by atoms with Crippen LogP contribution in [0, 0.1) is 11.8 Å². The van der Waals surface area contributed by atoms with Crippen LogP contribution in [0.15, 0.2) is 0 Å². The zero-order valence-corrected chi connectivity index (χ0v) is 12.1. The number of likely N-dealkylation sites (tertiary alicyclic amines) is 1. The molecule has 1 aliphatic heterocycles. The monoisotopic (exact) mass is 265 g/mol. The molecular weight excluding hydrogens is 238 g/mol. The molecule has 0 aromatic carbocycles. The maximum absolute atomic E-state index is 11.7. The lowest BCUT2D eigenvalue weighted by Crippen LogP contribution is -2.53. The van der Waals surface area contributed by atoms with Crippen LogP contribution >= 0.6 is 0 Å². The second-order valence-electron chi connectivity index (χ2n) is 6.55. The predicted molar refractivity (Wildman–Crippen MR) is 74.8 cm³/mol. The zero-order valence-electron chi connectivity index (χ0n) is 12.1. The topological polar surface area (TPSA) is 29.5 Å². The minimum Gasteiger partial charge on any atom is -0.462 e. The van der Waals surface area contributed by atoms with E-state index in [-0.39, 0.29) is 12.1 Å². The Morgan fingerprint density at radius 1 is 1.11 bits per heavy atom. The highest BCUT2D eigenvalue weighted by Gasteiger charge is 2.45. The van der Waals surface area contributed by atoms with Crippen molar-refractivity contribution in [2.24, 2.45) is 11.8 Å². The van der Waals surface area contributed by atoms with E-state index < -0.39 is 0 Å². The molecule has 3 rings (SSSR count). The summed E-state index contributed by atoms with van der Waals surface area (Å²) in [7, 11) is 0. The van der Waals surface area contributed by atoms with E-state index in [0.29, 0.717) is 24.3 Å². The predicted octanol–water partition coefficient (Wildman–Crippen LogP) is 2.98. The first-order valence-corrected chi connectivity index (χ1v) is 8.23. The van der Waals surface area contributed by atoms with Gasteiger partial charge in [-0.05, 0) is 57.5 Å². The maximum atomic E-state index is 11.7. The van der Waals surface area contributed by atoms with Gasteiger partial charge < -0.3 is 4.74 Å². The average molecular weight is 265 g/mol. The van der Waals surface area contributed by atoms with Crippen LogP contribution in [0.2, 0.25) is 0 Å². The molecule has 3 nitrogen and oxygen atoms in total. The summed E-state index contributed by atoms with van der Waals surface area (Å²) < 4.78 is 5.83. The summed E-state index contributed by atoms with van der Waals surface area (Å²) in [5, 5.41) is 0. The van der Waals surface area contributed by atoms with E-state index in [1.807, 2.05) is 6.92 Å². The molecule has 19 heavy (non-hydrogen) atoms. The molecule has 1 saturated heterocycles. The average Bonchev–Trinajstić information content (AvgIpc) is 2.92. The molecule has 0 amide bonds. The van der Waals surface area contributed by atoms with Gasteiger partial charge in [-0.2, -0.15) is 0 Å². The van der Waals surface area contributed by atoms with E-state index in [0.717, 1.165) is 0 Å². The second-order valence-corrected chi connectivity index (χ2v) is 6.55. The van der Waals surface area contributed by atoms with Crippen molar-refractivity contribution in [2.45, 2.75) is 70.4 Å². The Morgan fingerprint density at radius 2 is 1.89 bits per heavy atom. The molecule has 0 N–H and O–H groups in total. The van der Waals surface area contributed by atoms with Gasteiger partial charge in [0.05, 0.1) is 0 Å². The molecule has 2 bridgehead atoms. The second kappa shape index (κ2) is 5.82. The van der Waals surface area contributed by atoms with Crippen molar-refractivity contribution in [2.75, 3.05) is 13.1 Å². The third-order valence-electron chi connectivity index (χ3n) is 5.49. The Labute approximate surface area is 116 Å². The Bertz CT molecular complexity index is 325. The van der Waals surface area contributed by atoms with Crippen molar-refractivity contribution >= 4 is 5.97 Å². The Hall–Kier alpha value is -0.570. The summed E-state index contributed by atoms with van der Waals surface area (Å²) in [6.45, 7) is 4.43. The van der Waals surface area contributed by atoms with Crippen molar-refractivity contribution < 1.29 is 9.53 Å². The van der Waals surface area contributed by atoms with Crippen molar-refractivity contribution in [1.29, 1.82) is 0 Å². The van der Waals surface area contributed by atoms with Gasteiger partial charge in [-0.1, -0.05) is 13.3 Å². The lowest BCUT2D eigenvalue weighted by atomic mass is 9.67. The van der Waals surface area contributed by atoms with E-state index >= 15 is 0 Å². The van der Waals surface area contributed by atoms with Crippen LogP contribution in [0.1, 0.15) is 58.3 Å². The smallest absolute Gasteiger partial charge is 0.305 e. The van der Waals surface area contributed by atoms with Gasteiger partial charge in [0.15, 0.2) is 0 Å². The fraction of sp³-hybridized carbons (Fsp3) is 0.938. The number of esters is 1. The van der Waals surface area contributed by atoms with Gasteiger partial charge in [-0.3, -0.25) is 9.69 Å². The highest BCUT2D eigenvalue weighted by molar-refractivity contribution is 5.69. The van der Waals surface area contributed by atoms with Gasteiger partial charge in [-0.25, -0.2) is 0 Å². The molecule has 2 aliphatic carbocycles. The van der Waals surface area contributed by atoms with E-state index in [1.54, 1.807) is 0 Å². The third kappa shape index (κ3) is 2.67. The van der Waals surface area contributed by atoms with Crippen LogP contribution in [0.5, 0.6) is 0 Å². The number of hydrogen-bond donors (Lipinski definition) is 0. The van der Waals surface area contributed by atoms with E-state index in [2.05, 4.69) is 4.90 Å². The lowest BCUT2D eigenvalue weighted by Gasteiger charge is -2.48. The van der Waals surface area contributed by atoms with E-state index in [9.17, 15) is 4.79 Å². The fourth-order valence-corrected chi connectivity index (χ4v) is 4.56. The first kappa shape index (κ1) is 13.4. The standard InChI is InChI=1S/C16H27NO2/c1-2-15(18)19-16-12-6-5-7-13(16)14(9-8-12)17-10-3-4-11-17/h12-14,16H,2-11H2,1H3. The van der Waals surface area contributed by atoms with Gasteiger partial charge >= 0.3 is 5.97 Å². The molecule has 1 heterocycles. The number of carbonyl (C=O) groups excluding carboxylic acids is 1. The molecule has 108 valence electrons. The molecule has 4 unspecified atom stereocenters. The van der Waals surface area contributed by atoms with Gasteiger partial charge in [0.2, 0.25) is 0 Å². The van der Waals surface area contributed by atoms with Crippen LogP contribution in [0.4, 0.5) is 0 Å². The SMILES string of the molecule is CCC(=O)OC1C2CCCC1C(N1CCCC1)CC2. The molecule has 3 fully saturated rings. The lowest BCUT2D eigenvalue weighted by molar-refractivity contribution is -0.164. The summed E-state index contributed by atoms with van der Waals surface area (Å²) in [5.41, 5.74) is 0. The molecule has 3 aliphatic rings. The summed E-state index contributed by atoms with van der Waals surface area (Å²) in [6.07, 6.45) is 9.90. The van der Waals surface area contributed by atoms with Gasteiger partial charge in [0.25, 0.3) is 0 Å². The van der Waals surface area contributed by atoms with Crippen LogP contribution in [0.25, 0.3) is 0 Å². The molecule has 0 aromatic rings. The van der Waals surface area contributed by atoms with E-state index in [1.165, 1.54) is 58.0 Å². The quantitative estimate of drug-likeness (QED) is 0.735. The molecule has 3 heteroatoms. The minimum absolute atomic E-state index is 0.00368. The summed E-state index contributed by atoms with van der Waals surface area (Å²) in [6, 6.07) is 0.689. The number of hydrogen-bond acceptors (Lipinski definition) is 3. The van der Waals surface area contributed by atoms with Gasteiger partial charge in [-0.15, -0.1) is 0 Å². The number of nitrogens with zero attached hydrogens (tertiary/aromatic N) is 1. The minimum atomic E-state index is 0.00368. The van der Waals surface area contributed by atoms with Crippen LogP contribution < -0.4 is 0 Å². The highest BCUT2D eigenvalue weighted by atomic mass is 16.5. The van der Waals surface area contributed by atoms with Crippen LogP contribution in [-0.4, -0.2) is 36.1 Å². The maximum Gasteiger partial charge on any atom is 0.305 e. The molecular formula is C16H27NO2. The zero-order chi connectivity index (χ0) is 13.2. The van der Waals surface area contributed by atoms with Gasteiger partial charge in [0, 0.05) is 18.4 Å². The first-order valence-electron chi connectivity index (χ1n) is 8.23. The van der Waals surface area contributed by atoms with Crippen molar-refractivity contribution in [1.82, 2.24) is 4.90 Å². The van der Waals surface area contributed by atoms with Crippen molar-refractivity contribution in [3.63, 3.8) is 0 Å². The molecule has 2 saturated carbocycles. The third-order valence-corrected chi connectivity index (χ3v) is 5.49. The summed E-state index contributed by atoms with van der Waals surface area (Å²) >= 11 is 0. The Balaban J connectivity index is 1.72. The van der Waals surface area contributed by atoms with E-state index in [4.69, 9.17) is 4.74 Å². The Kier molecular flexibility index (Phi) is 4.11. The number of ether oxygens (including phenoxy) is 1. The van der Waals surface area contributed by atoms with Crippen LogP contribution in [-0.2, 0) is 9.53 Å². The molecule has 4 atom stereocenters. The number of rotatable bonds is 3. The Morgan fingerprint density at radius 3 is 2.63 bits per heavy atom. The number of carbonyl (C=O) groups is 1. The molecule has 0 radical (unpaired) electrons. The normalized spacial score (nSPS) is 39.2. The molecule has 0 spiro atoms. The summed E-state index contributed by atoms with van der Waals surface area (Å²) in [4.78, 5) is 14.4. The van der Waals surface area contributed by atoms with Crippen LogP contribution in [0.3, 0.4) is 0 Å². The van der Waals surface area contributed by atoms with Crippen molar-refractivity contribution in [3.05, 3.63) is 0 Å². The highest BCUT2D eigenvalue weighted by Crippen LogP contribution is 2.44. The first-order chi connectivity index (χ1) is 9.29. The summed E-state index contributed by atoms with van der Waals surface area (Å²) in [5.74, 6) is 1.26. The van der Waals surface area contributed by atoms with Gasteiger partial charge in [0.1, 0.15) is 6.10 Å². The largest absolute Gasteiger partial charge is 0.462 e. The number of fused-ring (bicyclic) bond motifs is 2. The molecule has 0 aromatic heterocycles. The fourth-order valence-electron chi connectivity index (χ4n) is 4.56.